The third-order valence-electron chi connectivity index (χ3n) is 8.21. The number of rotatable bonds is 8. The molecule has 1 aliphatic carbocycles. The number of ether oxygens (including phenoxy) is 1. The minimum atomic E-state index is -4.38. The fourth-order valence-electron chi connectivity index (χ4n) is 5.87. The minimum absolute atomic E-state index is 0.196. The van der Waals surface area contributed by atoms with Gasteiger partial charge in [0.1, 0.15) is 18.2 Å². The van der Waals surface area contributed by atoms with Gasteiger partial charge in [0.15, 0.2) is 5.82 Å². The maximum absolute atomic E-state index is 13.0. The van der Waals surface area contributed by atoms with Crippen molar-refractivity contribution in [2.45, 2.75) is 57.9 Å². The number of aliphatic carboxylic acids is 1. The number of carboxylic acid groups (broad SMARTS) is 1. The van der Waals surface area contributed by atoms with E-state index in [1.54, 1.807) is 12.4 Å². The van der Waals surface area contributed by atoms with Crippen molar-refractivity contribution in [3.05, 3.63) is 107 Å². The number of halogens is 3. The van der Waals surface area contributed by atoms with Crippen LogP contribution in [-0.2, 0) is 24.1 Å². The average molecular weight is 601 g/mol. The van der Waals surface area contributed by atoms with Gasteiger partial charge >= 0.3 is 12.1 Å². The number of aryl methyl sites for hydroxylation is 1. The molecule has 2 atom stereocenters. The molecule has 0 radical (unpaired) electrons. The first kappa shape index (κ1) is 29.3. The van der Waals surface area contributed by atoms with Crippen LogP contribution in [0.5, 0.6) is 5.75 Å². The summed E-state index contributed by atoms with van der Waals surface area (Å²) in [7, 11) is 0. The number of imidazole rings is 1. The summed E-state index contributed by atoms with van der Waals surface area (Å²) in [4.78, 5) is 25.8. The molecular weight excluding hydrogens is 569 g/mol. The van der Waals surface area contributed by atoms with E-state index >= 15 is 0 Å². The van der Waals surface area contributed by atoms with Crippen molar-refractivity contribution in [3.63, 3.8) is 0 Å². The molecule has 5 aromatic rings. The second kappa shape index (κ2) is 12.1. The lowest BCUT2D eigenvalue weighted by molar-refractivity contribution is -0.143. The molecule has 7 nitrogen and oxygen atoms in total. The maximum Gasteiger partial charge on any atom is 0.416 e. The van der Waals surface area contributed by atoms with Crippen LogP contribution in [-0.4, -0.2) is 30.6 Å². The highest BCUT2D eigenvalue weighted by Gasteiger charge is 2.35. The van der Waals surface area contributed by atoms with Crippen LogP contribution in [0.4, 0.5) is 13.2 Å². The number of nitrogens with zero attached hydrogens (tertiary/aromatic N) is 4. The van der Waals surface area contributed by atoms with Crippen LogP contribution in [0.15, 0.2) is 79.1 Å². The predicted molar refractivity (Wildman–Crippen MR) is 159 cm³/mol. The van der Waals surface area contributed by atoms with Crippen LogP contribution < -0.4 is 4.74 Å². The van der Waals surface area contributed by atoms with Crippen molar-refractivity contribution in [1.82, 2.24) is 19.5 Å². The molecular formula is C34H31F3N4O3. The van der Waals surface area contributed by atoms with Crippen LogP contribution in [0.1, 0.15) is 59.9 Å². The quantitative estimate of drug-likeness (QED) is 0.195. The smallest absolute Gasteiger partial charge is 0.416 e. The van der Waals surface area contributed by atoms with Gasteiger partial charge in [0, 0.05) is 30.9 Å². The number of aromatic nitrogens is 4. The Morgan fingerprint density at radius 3 is 2.27 bits per heavy atom. The molecule has 44 heavy (non-hydrogen) atoms. The standard InChI is InChI=1S/C34H31F3N4O3/c1-21-17-38-31(39-18-21)20-44-26-14-15-29-30(16-26)41(32(40-29)27-4-2-3-5-28(27)33(42)43)19-22-6-8-23(9-7-22)24-10-12-25(13-11-24)34(35,36)37/h6-18,27-28H,2-5,19-20H2,1H3,(H,42,43)/t27-,28+/m0/s1. The molecule has 226 valence electrons. The molecule has 1 fully saturated rings. The normalized spacial score (nSPS) is 17.1. The Hall–Kier alpha value is -4.73. The van der Waals surface area contributed by atoms with E-state index in [0.717, 1.165) is 64.9 Å². The van der Waals surface area contributed by atoms with Gasteiger partial charge in [-0.25, -0.2) is 15.0 Å². The molecule has 0 aliphatic heterocycles. The molecule has 6 rings (SSSR count). The van der Waals surface area contributed by atoms with Crippen LogP contribution >= 0.6 is 0 Å². The third kappa shape index (κ3) is 6.29. The SMILES string of the molecule is Cc1cnc(COc2ccc3nc([C@H]4CCCC[C@H]4C(=O)O)n(Cc4ccc(-c5ccc(C(F)(F)F)cc5)cc4)c3c2)nc1. The molecule has 3 aromatic carbocycles. The molecule has 0 amide bonds. The summed E-state index contributed by atoms with van der Waals surface area (Å²) in [6.07, 6.45) is 2.25. The second-order valence-corrected chi connectivity index (χ2v) is 11.3. The molecule has 0 bridgehead atoms. The van der Waals surface area contributed by atoms with Crippen molar-refractivity contribution in [2.24, 2.45) is 5.92 Å². The zero-order chi connectivity index (χ0) is 30.8. The molecule has 0 spiro atoms. The number of hydrogen-bond donors (Lipinski definition) is 1. The van der Waals surface area contributed by atoms with E-state index in [1.807, 2.05) is 49.4 Å². The van der Waals surface area contributed by atoms with Crippen LogP contribution in [0.25, 0.3) is 22.2 Å². The monoisotopic (exact) mass is 600 g/mol. The summed E-state index contributed by atoms with van der Waals surface area (Å²) in [6, 6.07) is 18.4. The fourth-order valence-corrected chi connectivity index (χ4v) is 5.87. The lowest BCUT2D eigenvalue weighted by atomic mass is 9.78. The number of alkyl halides is 3. The van der Waals surface area contributed by atoms with Crippen molar-refractivity contribution >= 4 is 17.0 Å². The fraction of sp³-hybridized carbons (Fsp3) is 0.294. The van der Waals surface area contributed by atoms with E-state index in [4.69, 9.17) is 9.72 Å². The van der Waals surface area contributed by atoms with Crippen molar-refractivity contribution in [3.8, 4) is 16.9 Å². The Kier molecular flexibility index (Phi) is 8.07. The van der Waals surface area contributed by atoms with Gasteiger partial charge in [0.2, 0.25) is 0 Å². The largest absolute Gasteiger partial charge is 0.486 e. The topological polar surface area (TPSA) is 90.1 Å². The molecule has 0 saturated heterocycles. The number of carboxylic acids is 1. The molecule has 1 aliphatic rings. The Labute approximate surface area is 252 Å². The van der Waals surface area contributed by atoms with E-state index in [2.05, 4.69) is 14.5 Å². The average Bonchev–Trinajstić information content (AvgIpc) is 3.38. The number of hydrogen-bond acceptors (Lipinski definition) is 5. The van der Waals surface area contributed by atoms with Crippen molar-refractivity contribution in [2.75, 3.05) is 0 Å². The van der Waals surface area contributed by atoms with Gasteiger partial charge < -0.3 is 14.4 Å². The van der Waals surface area contributed by atoms with Gasteiger partial charge in [-0.3, -0.25) is 4.79 Å². The first-order valence-corrected chi connectivity index (χ1v) is 14.6. The first-order chi connectivity index (χ1) is 21.2. The van der Waals surface area contributed by atoms with E-state index in [1.165, 1.54) is 12.1 Å². The highest BCUT2D eigenvalue weighted by atomic mass is 19.4. The van der Waals surface area contributed by atoms with Gasteiger partial charge in [-0.15, -0.1) is 0 Å². The highest BCUT2D eigenvalue weighted by molar-refractivity contribution is 5.79. The van der Waals surface area contributed by atoms with Crippen LogP contribution in [0.2, 0.25) is 0 Å². The Bertz CT molecular complexity index is 1770. The maximum atomic E-state index is 13.0. The van der Waals surface area contributed by atoms with E-state index in [-0.39, 0.29) is 12.5 Å². The van der Waals surface area contributed by atoms with Gasteiger partial charge in [-0.1, -0.05) is 49.2 Å². The first-order valence-electron chi connectivity index (χ1n) is 14.6. The van der Waals surface area contributed by atoms with E-state index in [0.29, 0.717) is 30.1 Å². The van der Waals surface area contributed by atoms with E-state index < -0.39 is 23.6 Å². The molecule has 0 unspecified atom stereocenters. The third-order valence-corrected chi connectivity index (χ3v) is 8.21. The predicted octanol–water partition coefficient (Wildman–Crippen LogP) is 7.81. The summed E-state index contributed by atoms with van der Waals surface area (Å²) >= 11 is 0. The lowest BCUT2D eigenvalue weighted by Crippen LogP contribution is -2.27. The number of fused-ring (bicyclic) bond motifs is 1. The second-order valence-electron chi connectivity index (χ2n) is 11.3. The Morgan fingerprint density at radius 1 is 0.955 bits per heavy atom. The Balaban J connectivity index is 1.32. The summed E-state index contributed by atoms with van der Waals surface area (Å²) in [6.45, 7) is 2.55. The highest BCUT2D eigenvalue weighted by Crippen LogP contribution is 2.40. The zero-order valence-electron chi connectivity index (χ0n) is 24.1. The lowest BCUT2D eigenvalue weighted by Gasteiger charge is -2.28. The van der Waals surface area contributed by atoms with Gasteiger partial charge in [-0.05, 0) is 66.3 Å². The molecule has 2 heterocycles. The summed E-state index contributed by atoms with van der Waals surface area (Å²) in [5, 5.41) is 10.0. The summed E-state index contributed by atoms with van der Waals surface area (Å²) in [5.41, 5.74) is 4.27. The van der Waals surface area contributed by atoms with E-state index in [9.17, 15) is 23.1 Å². The van der Waals surface area contributed by atoms with Crippen LogP contribution in [0, 0.1) is 12.8 Å². The van der Waals surface area contributed by atoms with Crippen LogP contribution in [0.3, 0.4) is 0 Å². The van der Waals surface area contributed by atoms with Crippen molar-refractivity contribution < 1.29 is 27.8 Å². The molecule has 1 N–H and O–H groups in total. The van der Waals surface area contributed by atoms with Gasteiger partial charge in [0.25, 0.3) is 0 Å². The number of benzene rings is 3. The minimum Gasteiger partial charge on any atom is -0.486 e. The molecule has 10 heteroatoms. The molecule has 2 aromatic heterocycles. The van der Waals surface area contributed by atoms with Crippen molar-refractivity contribution in [1.29, 1.82) is 0 Å². The molecule has 1 saturated carbocycles. The number of carbonyl (C=O) groups is 1. The Morgan fingerprint density at radius 2 is 1.61 bits per heavy atom. The summed E-state index contributed by atoms with van der Waals surface area (Å²) < 4.78 is 47.1. The van der Waals surface area contributed by atoms with Gasteiger partial charge in [0.05, 0.1) is 22.5 Å². The zero-order valence-corrected chi connectivity index (χ0v) is 24.1. The van der Waals surface area contributed by atoms with Gasteiger partial charge in [-0.2, -0.15) is 13.2 Å². The summed E-state index contributed by atoms with van der Waals surface area (Å²) in [5.74, 6) is 0.352.